The summed E-state index contributed by atoms with van der Waals surface area (Å²) in [4.78, 5) is 19.6. The molecule has 9 heteroatoms. The maximum Gasteiger partial charge on any atom is 0.265 e. The lowest BCUT2D eigenvalue weighted by molar-refractivity contribution is -0.121. The van der Waals surface area contributed by atoms with Crippen LogP contribution in [0.4, 0.5) is 11.4 Å². The Labute approximate surface area is 165 Å². The summed E-state index contributed by atoms with van der Waals surface area (Å²) in [5.41, 5.74) is 1.36. The number of rotatable bonds is 3. The molecule has 6 nitrogen and oxygen atoms in total. The topological polar surface area (TPSA) is 51.8 Å². The highest BCUT2D eigenvalue weighted by Crippen LogP contribution is 2.40. The number of nitrogens with zero attached hydrogens (tertiary/aromatic N) is 4. The molecular formula is C17H19ClN4O2S2. The van der Waals surface area contributed by atoms with E-state index in [0.717, 1.165) is 46.8 Å². The fourth-order valence-electron chi connectivity index (χ4n) is 3.29. The minimum Gasteiger partial charge on any atom is -0.482 e. The van der Waals surface area contributed by atoms with E-state index in [1.165, 1.54) is 11.3 Å². The Hall–Kier alpha value is -1.64. The van der Waals surface area contributed by atoms with Gasteiger partial charge < -0.3 is 9.64 Å². The predicted molar refractivity (Wildman–Crippen MR) is 105 cm³/mol. The zero-order valence-corrected chi connectivity index (χ0v) is 16.8. The highest BCUT2D eigenvalue weighted by Gasteiger charge is 2.26. The summed E-state index contributed by atoms with van der Waals surface area (Å²) in [6, 6.07) is 3.59. The minimum atomic E-state index is -0.0427. The molecule has 0 saturated heterocycles. The maximum absolute atomic E-state index is 12.2. The molecule has 2 aromatic rings. The van der Waals surface area contributed by atoms with Crippen LogP contribution in [0.2, 0.25) is 5.02 Å². The van der Waals surface area contributed by atoms with Crippen LogP contribution < -0.4 is 14.4 Å². The average Bonchev–Trinajstić information content (AvgIpc) is 2.95. The standard InChI is InChI=1S/C17H19ClN4O2S2/c1-2-5-20-13-9-12(11(18)8-14(13)24-10-15(20)23)19-16-21-6-3-4-7-22(21)17(25)26-16/h8-9H,2-7,10H2,1H3. The van der Waals surface area contributed by atoms with Gasteiger partial charge in [0.2, 0.25) is 4.80 Å². The third-order valence-electron chi connectivity index (χ3n) is 4.53. The zero-order valence-electron chi connectivity index (χ0n) is 14.4. The van der Waals surface area contributed by atoms with E-state index in [4.69, 9.17) is 33.5 Å². The first-order valence-corrected chi connectivity index (χ1v) is 10.3. The van der Waals surface area contributed by atoms with Crippen LogP contribution in [0.15, 0.2) is 17.1 Å². The third-order valence-corrected chi connectivity index (χ3v) is 6.16. The molecule has 1 aromatic heterocycles. The van der Waals surface area contributed by atoms with Crippen LogP contribution in [0, 0.1) is 3.95 Å². The molecule has 0 atom stereocenters. The van der Waals surface area contributed by atoms with Crippen LogP contribution in [-0.2, 0) is 17.9 Å². The molecule has 0 radical (unpaired) electrons. The van der Waals surface area contributed by atoms with E-state index in [0.29, 0.717) is 23.0 Å². The highest BCUT2D eigenvalue weighted by atomic mass is 35.5. The quantitative estimate of drug-likeness (QED) is 0.721. The van der Waals surface area contributed by atoms with E-state index in [2.05, 4.69) is 9.36 Å². The van der Waals surface area contributed by atoms with Crippen molar-refractivity contribution >= 4 is 52.4 Å². The van der Waals surface area contributed by atoms with Crippen molar-refractivity contribution in [3.8, 4) is 5.75 Å². The molecule has 0 fully saturated rings. The second-order valence-corrected chi connectivity index (χ2v) is 8.33. The second-order valence-electron chi connectivity index (χ2n) is 6.32. The summed E-state index contributed by atoms with van der Waals surface area (Å²) >= 11 is 13.4. The molecule has 3 heterocycles. The number of hydrogen-bond donors (Lipinski definition) is 0. The number of benzene rings is 1. The van der Waals surface area contributed by atoms with Crippen molar-refractivity contribution in [2.45, 2.75) is 39.3 Å². The van der Waals surface area contributed by atoms with Gasteiger partial charge in [-0.1, -0.05) is 29.9 Å². The number of aromatic nitrogens is 2. The van der Waals surface area contributed by atoms with Crippen LogP contribution in [0.3, 0.4) is 0 Å². The van der Waals surface area contributed by atoms with Gasteiger partial charge in [-0.3, -0.25) is 14.2 Å². The highest BCUT2D eigenvalue weighted by molar-refractivity contribution is 7.73. The molecule has 2 aliphatic heterocycles. The van der Waals surface area contributed by atoms with E-state index in [1.807, 2.05) is 13.0 Å². The average molecular weight is 411 g/mol. The molecule has 0 N–H and O–H groups in total. The van der Waals surface area contributed by atoms with Gasteiger partial charge in [-0.2, -0.15) is 0 Å². The van der Waals surface area contributed by atoms with Gasteiger partial charge in [-0.15, -0.1) is 0 Å². The number of carbonyl (C=O) groups is 1. The minimum absolute atomic E-state index is 0.0427. The molecular weight excluding hydrogens is 392 g/mol. The largest absolute Gasteiger partial charge is 0.482 e. The Balaban J connectivity index is 1.84. The number of anilines is 1. The van der Waals surface area contributed by atoms with Crippen LogP contribution in [0.1, 0.15) is 26.2 Å². The van der Waals surface area contributed by atoms with Gasteiger partial charge >= 0.3 is 0 Å². The lowest BCUT2D eigenvalue weighted by atomic mass is 10.2. The van der Waals surface area contributed by atoms with E-state index in [1.54, 1.807) is 11.0 Å². The van der Waals surface area contributed by atoms with Gasteiger partial charge in [0, 0.05) is 25.7 Å². The van der Waals surface area contributed by atoms with Crippen molar-refractivity contribution in [1.82, 2.24) is 9.36 Å². The number of carbonyl (C=O) groups excluding carboxylic acids is 1. The SMILES string of the molecule is CCCN1C(=O)COc2cc(Cl)c(N=c3sc(=S)n4n3CCCC4)cc21. The Morgan fingerprint density at radius 2 is 2.08 bits per heavy atom. The van der Waals surface area contributed by atoms with Crippen LogP contribution in [-0.4, -0.2) is 28.4 Å². The lowest BCUT2D eigenvalue weighted by Crippen LogP contribution is -2.39. The Kier molecular flexibility index (Phi) is 4.90. The summed E-state index contributed by atoms with van der Waals surface area (Å²) in [5, 5.41) is 0.504. The number of ether oxygens (including phenoxy) is 1. The van der Waals surface area contributed by atoms with Crippen LogP contribution >= 0.6 is 35.2 Å². The van der Waals surface area contributed by atoms with Gasteiger partial charge in [0.25, 0.3) is 5.91 Å². The van der Waals surface area contributed by atoms with E-state index in [-0.39, 0.29) is 12.5 Å². The molecule has 138 valence electrons. The first-order chi connectivity index (χ1) is 12.6. The number of hydrogen-bond acceptors (Lipinski definition) is 5. The van der Waals surface area contributed by atoms with Gasteiger partial charge in [0.15, 0.2) is 10.6 Å². The number of fused-ring (bicyclic) bond motifs is 2. The molecule has 1 amide bonds. The monoisotopic (exact) mass is 410 g/mol. The maximum atomic E-state index is 12.2. The zero-order chi connectivity index (χ0) is 18.3. The Bertz CT molecular complexity index is 992. The number of amides is 1. The molecule has 0 unspecified atom stereocenters. The predicted octanol–water partition coefficient (Wildman–Crippen LogP) is 3.90. The molecule has 0 bridgehead atoms. The molecule has 4 rings (SSSR count). The molecule has 0 saturated carbocycles. The van der Waals surface area contributed by atoms with Gasteiger partial charge in [0.05, 0.1) is 16.4 Å². The van der Waals surface area contributed by atoms with E-state index in [9.17, 15) is 4.79 Å². The fraction of sp³-hybridized carbons (Fsp3) is 0.471. The third kappa shape index (κ3) is 3.10. The molecule has 0 aliphatic carbocycles. The van der Waals surface area contributed by atoms with Gasteiger partial charge in [0.1, 0.15) is 5.75 Å². The summed E-state index contributed by atoms with van der Waals surface area (Å²) in [6.07, 6.45) is 3.11. The summed E-state index contributed by atoms with van der Waals surface area (Å²) in [7, 11) is 0. The lowest BCUT2D eigenvalue weighted by Gasteiger charge is -2.29. The van der Waals surface area contributed by atoms with Gasteiger partial charge in [-0.05, 0) is 37.5 Å². The van der Waals surface area contributed by atoms with Crippen molar-refractivity contribution < 1.29 is 9.53 Å². The van der Waals surface area contributed by atoms with Crippen LogP contribution in [0.5, 0.6) is 5.75 Å². The molecule has 0 spiro atoms. The molecule has 26 heavy (non-hydrogen) atoms. The first kappa shape index (κ1) is 17.8. The van der Waals surface area contributed by atoms with Crippen molar-refractivity contribution in [3.63, 3.8) is 0 Å². The van der Waals surface area contributed by atoms with E-state index >= 15 is 0 Å². The smallest absolute Gasteiger partial charge is 0.265 e. The molecule has 2 aliphatic rings. The number of halogens is 1. The summed E-state index contributed by atoms with van der Waals surface area (Å²) < 4.78 is 10.6. The van der Waals surface area contributed by atoms with Gasteiger partial charge in [-0.25, -0.2) is 4.99 Å². The van der Waals surface area contributed by atoms with Crippen molar-refractivity contribution in [2.24, 2.45) is 4.99 Å². The van der Waals surface area contributed by atoms with Crippen molar-refractivity contribution in [1.29, 1.82) is 0 Å². The van der Waals surface area contributed by atoms with Crippen LogP contribution in [0.25, 0.3) is 0 Å². The summed E-state index contributed by atoms with van der Waals surface area (Å²) in [5.74, 6) is 0.583. The second kappa shape index (κ2) is 7.17. The first-order valence-electron chi connectivity index (χ1n) is 8.70. The molecule has 1 aromatic carbocycles. The van der Waals surface area contributed by atoms with Crippen molar-refractivity contribution in [3.05, 3.63) is 25.9 Å². The fourth-order valence-corrected chi connectivity index (χ4v) is 4.79. The Morgan fingerprint density at radius 3 is 2.85 bits per heavy atom. The van der Waals surface area contributed by atoms with Crippen molar-refractivity contribution in [2.75, 3.05) is 18.1 Å². The van der Waals surface area contributed by atoms with E-state index < -0.39 is 0 Å². The Morgan fingerprint density at radius 1 is 1.31 bits per heavy atom. The normalized spacial score (nSPS) is 17.1. The summed E-state index contributed by atoms with van der Waals surface area (Å²) in [6.45, 7) is 4.56.